The van der Waals surface area contributed by atoms with E-state index >= 15 is 0 Å². The van der Waals surface area contributed by atoms with E-state index in [1.165, 1.54) is 12.1 Å². The minimum Gasteiger partial charge on any atom is -0.478 e. The second-order valence-electron chi connectivity index (χ2n) is 3.40. The van der Waals surface area contributed by atoms with Crippen LogP contribution in [0.2, 0.25) is 0 Å². The summed E-state index contributed by atoms with van der Waals surface area (Å²) in [5.74, 6) is -1.88. The van der Waals surface area contributed by atoms with Crippen LogP contribution in [0.3, 0.4) is 0 Å². The average Bonchev–Trinajstić information content (AvgIpc) is 2.15. The summed E-state index contributed by atoms with van der Waals surface area (Å²) >= 11 is 0. The van der Waals surface area contributed by atoms with Gasteiger partial charge in [-0.05, 0) is 5.56 Å². The van der Waals surface area contributed by atoms with E-state index in [4.69, 9.17) is 10.8 Å². The van der Waals surface area contributed by atoms with Gasteiger partial charge in [0.15, 0.2) is 0 Å². The summed E-state index contributed by atoms with van der Waals surface area (Å²) in [4.78, 5) is 10.8. The van der Waals surface area contributed by atoms with Crippen molar-refractivity contribution < 1.29 is 27.8 Å². The molecule has 0 aliphatic carbocycles. The molecule has 1 rings (SSSR count). The van der Waals surface area contributed by atoms with Crippen molar-refractivity contribution in [1.29, 1.82) is 0 Å². The number of hydrogen-bond acceptors (Lipinski definition) is 3. The van der Waals surface area contributed by atoms with E-state index in [1.54, 1.807) is 18.2 Å². The van der Waals surface area contributed by atoms with Crippen LogP contribution in [0.1, 0.15) is 5.56 Å². The lowest BCUT2D eigenvalue weighted by molar-refractivity contribution is -0.361. The molecule has 1 aromatic rings. The van der Waals surface area contributed by atoms with Gasteiger partial charge in [-0.3, -0.25) is 10.5 Å². The lowest BCUT2D eigenvalue weighted by atomic mass is 10.0. The zero-order valence-corrected chi connectivity index (χ0v) is 8.57. The Morgan fingerprint density at radius 1 is 1.29 bits per heavy atom. The number of aliphatic carboxylic acids is 1. The van der Waals surface area contributed by atoms with E-state index in [9.17, 15) is 18.0 Å². The van der Waals surface area contributed by atoms with Crippen molar-refractivity contribution in [2.75, 3.05) is 0 Å². The molecule has 4 nitrogen and oxygen atoms in total. The number of carbonyl (C=O) groups is 1. The van der Waals surface area contributed by atoms with Gasteiger partial charge in [0.1, 0.15) is 0 Å². The van der Waals surface area contributed by atoms with Crippen molar-refractivity contribution in [3.63, 3.8) is 0 Å². The van der Waals surface area contributed by atoms with Crippen LogP contribution in [0.4, 0.5) is 13.2 Å². The molecule has 0 spiro atoms. The van der Waals surface area contributed by atoms with Gasteiger partial charge >= 0.3 is 12.3 Å². The molecule has 0 fully saturated rings. The van der Waals surface area contributed by atoms with Gasteiger partial charge in [-0.15, -0.1) is 13.2 Å². The normalized spacial score (nSPS) is 15.3. The number of hydrogen-bond donors (Lipinski definition) is 2. The molecule has 7 heteroatoms. The maximum absolute atomic E-state index is 12.0. The quantitative estimate of drug-likeness (QED) is 0.793. The third kappa shape index (κ3) is 4.04. The number of ether oxygens (including phenoxy) is 1. The van der Waals surface area contributed by atoms with Crippen molar-refractivity contribution in [3.05, 3.63) is 35.9 Å². The average molecular weight is 249 g/mol. The molecule has 0 aliphatic heterocycles. The molecule has 0 bridgehead atoms. The summed E-state index contributed by atoms with van der Waals surface area (Å²) in [6.45, 7) is 0. The van der Waals surface area contributed by atoms with Crippen molar-refractivity contribution >= 4 is 5.97 Å². The summed E-state index contributed by atoms with van der Waals surface area (Å²) < 4.78 is 39.6. The first kappa shape index (κ1) is 13.5. The molecule has 1 aromatic carbocycles. The van der Waals surface area contributed by atoms with Crippen LogP contribution in [-0.2, 0) is 16.0 Å². The van der Waals surface area contributed by atoms with E-state index in [2.05, 4.69) is 4.74 Å². The van der Waals surface area contributed by atoms with Gasteiger partial charge in [0.05, 0.1) is 0 Å². The van der Waals surface area contributed by atoms with Gasteiger partial charge in [-0.25, -0.2) is 4.79 Å². The summed E-state index contributed by atoms with van der Waals surface area (Å²) in [6.07, 6.45) is -5.69. The Kier molecular flexibility index (Phi) is 3.74. The standard InChI is InChI=1S/C10H10F3NO3/c11-10(12,13)17-9(14,8(15)16)6-7-4-2-1-3-5-7/h1-5H,6,14H2,(H,15,16). The molecule has 3 N–H and O–H groups in total. The zero-order valence-electron chi connectivity index (χ0n) is 8.57. The lowest BCUT2D eigenvalue weighted by Gasteiger charge is -2.25. The molecule has 0 aromatic heterocycles. The van der Waals surface area contributed by atoms with Gasteiger partial charge in [-0.1, -0.05) is 30.3 Å². The molecule has 0 radical (unpaired) electrons. The van der Waals surface area contributed by atoms with Crippen molar-refractivity contribution in [2.24, 2.45) is 5.73 Å². The van der Waals surface area contributed by atoms with Crippen molar-refractivity contribution in [1.82, 2.24) is 0 Å². The third-order valence-corrected chi connectivity index (χ3v) is 1.97. The molecule has 17 heavy (non-hydrogen) atoms. The van der Waals surface area contributed by atoms with Crippen LogP contribution in [0, 0.1) is 0 Å². The van der Waals surface area contributed by atoms with Crippen LogP contribution in [0.15, 0.2) is 30.3 Å². The second-order valence-corrected chi connectivity index (χ2v) is 3.40. The van der Waals surface area contributed by atoms with Gasteiger partial charge in [0.2, 0.25) is 5.72 Å². The summed E-state index contributed by atoms with van der Waals surface area (Å²) in [5.41, 5.74) is 2.63. The molecule has 0 amide bonds. The van der Waals surface area contributed by atoms with Crippen LogP contribution in [-0.4, -0.2) is 23.2 Å². The highest BCUT2D eigenvalue weighted by Crippen LogP contribution is 2.25. The number of halogens is 3. The number of rotatable bonds is 4. The Labute approximate surface area is 94.8 Å². The van der Waals surface area contributed by atoms with Crippen LogP contribution >= 0.6 is 0 Å². The molecule has 94 valence electrons. The molecule has 0 aliphatic rings. The van der Waals surface area contributed by atoms with E-state index in [0.717, 1.165) is 0 Å². The lowest BCUT2D eigenvalue weighted by Crippen LogP contribution is -2.55. The number of benzene rings is 1. The Bertz CT molecular complexity index is 394. The van der Waals surface area contributed by atoms with Gasteiger partial charge < -0.3 is 5.11 Å². The number of alkyl halides is 3. The fourth-order valence-electron chi connectivity index (χ4n) is 1.26. The zero-order chi connectivity index (χ0) is 13.1. The molecule has 0 saturated heterocycles. The number of carboxylic acid groups (broad SMARTS) is 1. The predicted octanol–water partition coefficient (Wildman–Crippen LogP) is 1.51. The molecular formula is C10H10F3NO3. The van der Waals surface area contributed by atoms with E-state index in [1.807, 2.05) is 0 Å². The second kappa shape index (κ2) is 4.72. The fraction of sp³-hybridized carbons (Fsp3) is 0.300. The summed E-state index contributed by atoms with van der Waals surface area (Å²) in [5, 5.41) is 8.71. The van der Waals surface area contributed by atoms with Crippen molar-refractivity contribution in [2.45, 2.75) is 18.5 Å². The Balaban J connectivity index is 2.90. The highest BCUT2D eigenvalue weighted by atomic mass is 19.4. The van der Waals surface area contributed by atoms with Gasteiger partial charge in [0.25, 0.3) is 0 Å². The monoisotopic (exact) mass is 249 g/mol. The summed E-state index contributed by atoms with van der Waals surface area (Å²) in [6, 6.07) is 7.69. The molecule has 1 unspecified atom stereocenters. The smallest absolute Gasteiger partial charge is 0.478 e. The van der Waals surface area contributed by atoms with E-state index in [0.29, 0.717) is 5.56 Å². The SMILES string of the molecule is NC(Cc1ccccc1)(OC(F)(F)F)C(=O)O. The first-order chi connectivity index (χ1) is 7.73. The maximum Gasteiger partial charge on any atom is 0.524 e. The highest BCUT2D eigenvalue weighted by molar-refractivity contribution is 5.77. The van der Waals surface area contributed by atoms with Crippen LogP contribution < -0.4 is 5.73 Å². The third-order valence-electron chi connectivity index (χ3n) is 1.97. The summed E-state index contributed by atoms with van der Waals surface area (Å²) in [7, 11) is 0. The molecule has 1 atom stereocenters. The van der Waals surface area contributed by atoms with E-state index < -0.39 is 24.5 Å². The Morgan fingerprint density at radius 3 is 2.24 bits per heavy atom. The fourth-order valence-corrected chi connectivity index (χ4v) is 1.26. The van der Waals surface area contributed by atoms with E-state index in [-0.39, 0.29) is 0 Å². The number of nitrogens with two attached hydrogens (primary N) is 1. The first-order valence-corrected chi connectivity index (χ1v) is 4.56. The van der Waals surface area contributed by atoms with Gasteiger partial charge in [0, 0.05) is 6.42 Å². The Hall–Kier alpha value is -1.60. The highest BCUT2D eigenvalue weighted by Gasteiger charge is 2.46. The topological polar surface area (TPSA) is 72.5 Å². The van der Waals surface area contributed by atoms with Crippen molar-refractivity contribution in [3.8, 4) is 0 Å². The van der Waals surface area contributed by atoms with Gasteiger partial charge in [-0.2, -0.15) is 0 Å². The minimum absolute atomic E-state index is 0.335. The minimum atomic E-state index is -5.11. The van der Waals surface area contributed by atoms with Crippen LogP contribution in [0.25, 0.3) is 0 Å². The maximum atomic E-state index is 12.0. The molecule has 0 heterocycles. The van der Waals surface area contributed by atoms with Crippen LogP contribution in [0.5, 0.6) is 0 Å². The molecule has 0 saturated carbocycles. The first-order valence-electron chi connectivity index (χ1n) is 4.56. The number of carboxylic acids is 1. The predicted molar refractivity (Wildman–Crippen MR) is 51.8 cm³/mol. The largest absolute Gasteiger partial charge is 0.524 e. The Morgan fingerprint density at radius 2 is 1.82 bits per heavy atom. The molecular weight excluding hydrogens is 239 g/mol.